The second-order valence-electron chi connectivity index (χ2n) is 12.7. The quantitative estimate of drug-likeness (QED) is 0.315. The molecule has 0 radical (unpaired) electrons. The van der Waals surface area contributed by atoms with Gasteiger partial charge in [-0.25, -0.2) is 4.79 Å². The summed E-state index contributed by atoms with van der Waals surface area (Å²) in [6.07, 6.45) is -4.36. The summed E-state index contributed by atoms with van der Waals surface area (Å²) in [4.78, 5) is 53.3. The van der Waals surface area contributed by atoms with E-state index in [0.717, 1.165) is 0 Å². The second kappa shape index (κ2) is 9.74. The number of aliphatic hydroxyl groups excluding tert-OH is 1. The fraction of sp³-hybridized carbons (Fsp3) is 0.613. The molecule has 222 valence electrons. The number of Topliss-reactive ketones (excluding diaryl/α,β-unsaturated/α-hetero) is 1. The smallest absolute Gasteiger partial charge is 0.338 e. The molecule has 10 nitrogen and oxygen atoms in total. The van der Waals surface area contributed by atoms with Gasteiger partial charge < -0.3 is 29.2 Å². The lowest BCUT2D eigenvalue weighted by molar-refractivity contribution is -0.332. The van der Waals surface area contributed by atoms with Gasteiger partial charge in [-0.2, -0.15) is 0 Å². The van der Waals surface area contributed by atoms with Gasteiger partial charge in [0.2, 0.25) is 0 Å². The lowest BCUT2D eigenvalue weighted by Gasteiger charge is -2.66. The number of ether oxygens (including phenoxy) is 4. The molecule has 1 heterocycles. The van der Waals surface area contributed by atoms with E-state index in [2.05, 4.69) is 0 Å². The fourth-order valence-electron chi connectivity index (χ4n) is 7.92. The molecule has 1 aliphatic heterocycles. The average Bonchev–Trinajstić information content (AvgIpc) is 2.88. The number of ketones is 1. The Bertz CT molecular complexity index is 1320. The maximum Gasteiger partial charge on any atom is 0.338 e. The molecule has 0 spiro atoms. The van der Waals surface area contributed by atoms with Crippen molar-refractivity contribution in [1.29, 1.82) is 0 Å². The number of rotatable bonds is 4. The van der Waals surface area contributed by atoms with Crippen molar-refractivity contribution in [1.82, 2.24) is 0 Å². The highest BCUT2D eigenvalue weighted by Crippen LogP contribution is 2.64. The Morgan fingerprint density at radius 1 is 1.02 bits per heavy atom. The van der Waals surface area contributed by atoms with E-state index in [1.165, 1.54) is 13.8 Å². The van der Waals surface area contributed by atoms with Gasteiger partial charge in [-0.05, 0) is 43.0 Å². The molecule has 8 atom stereocenters. The van der Waals surface area contributed by atoms with Crippen molar-refractivity contribution in [3.63, 3.8) is 0 Å². The zero-order chi connectivity index (χ0) is 30.1. The van der Waals surface area contributed by atoms with Crippen LogP contribution in [-0.2, 0) is 33.3 Å². The van der Waals surface area contributed by atoms with Crippen LogP contribution in [-0.4, -0.2) is 76.1 Å². The van der Waals surface area contributed by atoms with E-state index in [1.807, 2.05) is 0 Å². The zero-order valence-electron chi connectivity index (χ0n) is 24.3. The number of hydrogen-bond donors (Lipinski definition) is 2. The maximum absolute atomic E-state index is 14.7. The molecule has 0 amide bonds. The van der Waals surface area contributed by atoms with Crippen molar-refractivity contribution >= 4 is 23.7 Å². The second-order valence-corrected chi connectivity index (χ2v) is 12.7. The predicted molar refractivity (Wildman–Crippen MR) is 143 cm³/mol. The molecule has 2 bridgehead atoms. The Labute approximate surface area is 239 Å². The first-order valence-corrected chi connectivity index (χ1v) is 14.0. The van der Waals surface area contributed by atoms with Gasteiger partial charge >= 0.3 is 17.9 Å². The SMILES string of the molecule is CC(=O)O[C@H]1C(=O)[C@]2(C)CC[C@H]3OC[C@@]3(OC(C)=O)[C@H]2[C@H](OC(=O)c2ccccc2)[C@]2(O)CC(O)C(C)=C1C2(C)C. The summed E-state index contributed by atoms with van der Waals surface area (Å²) in [5, 5.41) is 24.1. The van der Waals surface area contributed by atoms with E-state index in [4.69, 9.17) is 18.9 Å². The van der Waals surface area contributed by atoms with Crippen molar-refractivity contribution in [2.45, 2.75) is 96.4 Å². The summed E-state index contributed by atoms with van der Waals surface area (Å²) in [5.74, 6) is -3.64. The summed E-state index contributed by atoms with van der Waals surface area (Å²) in [6, 6.07) is 8.25. The zero-order valence-corrected chi connectivity index (χ0v) is 24.3. The van der Waals surface area contributed by atoms with Gasteiger partial charge in [0.15, 0.2) is 17.5 Å². The summed E-state index contributed by atoms with van der Waals surface area (Å²) in [7, 11) is 0. The molecular formula is C31H38O10. The van der Waals surface area contributed by atoms with Crippen molar-refractivity contribution in [3.05, 3.63) is 47.0 Å². The lowest BCUT2D eigenvalue weighted by atomic mass is 9.45. The van der Waals surface area contributed by atoms with Crippen molar-refractivity contribution in [2.75, 3.05) is 6.61 Å². The Kier molecular flexibility index (Phi) is 6.99. The Morgan fingerprint density at radius 3 is 2.24 bits per heavy atom. The third-order valence-corrected chi connectivity index (χ3v) is 10.1. The summed E-state index contributed by atoms with van der Waals surface area (Å²) < 4.78 is 23.8. The summed E-state index contributed by atoms with van der Waals surface area (Å²) in [5.41, 5.74) is -5.23. The van der Waals surface area contributed by atoms with Crippen molar-refractivity contribution in [3.8, 4) is 0 Å². The molecule has 1 aromatic rings. The van der Waals surface area contributed by atoms with Crippen LogP contribution in [0.25, 0.3) is 0 Å². The molecular weight excluding hydrogens is 532 g/mol. The first kappa shape index (κ1) is 29.4. The molecule has 1 unspecified atom stereocenters. The van der Waals surface area contributed by atoms with Crippen LogP contribution in [0, 0.1) is 16.7 Å². The first-order valence-electron chi connectivity index (χ1n) is 14.0. The van der Waals surface area contributed by atoms with Gasteiger partial charge in [0.25, 0.3) is 0 Å². The van der Waals surface area contributed by atoms with Crippen LogP contribution < -0.4 is 0 Å². The molecule has 41 heavy (non-hydrogen) atoms. The molecule has 3 fully saturated rings. The third-order valence-electron chi connectivity index (χ3n) is 10.1. The summed E-state index contributed by atoms with van der Waals surface area (Å²) >= 11 is 0. The number of aliphatic hydroxyl groups is 2. The van der Waals surface area contributed by atoms with Gasteiger partial charge in [-0.1, -0.05) is 39.0 Å². The molecule has 4 aliphatic rings. The maximum atomic E-state index is 14.7. The van der Waals surface area contributed by atoms with E-state index in [-0.39, 0.29) is 30.6 Å². The Balaban J connectivity index is 1.81. The Hall–Kier alpha value is -3.08. The van der Waals surface area contributed by atoms with Crippen LogP contribution in [0.2, 0.25) is 0 Å². The van der Waals surface area contributed by atoms with Crippen LogP contribution >= 0.6 is 0 Å². The highest BCUT2D eigenvalue weighted by molar-refractivity contribution is 5.95. The number of carbonyl (C=O) groups is 4. The van der Waals surface area contributed by atoms with E-state index < -0.39 is 76.1 Å². The van der Waals surface area contributed by atoms with Crippen LogP contribution in [0.1, 0.15) is 71.2 Å². The minimum Gasteiger partial charge on any atom is -0.455 e. The molecule has 1 saturated heterocycles. The predicted octanol–water partition coefficient (Wildman–Crippen LogP) is 2.68. The largest absolute Gasteiger partial charge is 0.455 e. The highest BCUT2D eigenvalue weighted by Gasteiger charge is 2.76. The minimum absolute atomic E-state index is 0.0802. The normalized spacial score (nSPS) is 39.2. The van der Waals surface area contributed by atoms with E-state index in [0.29, 0.717) is 12.0 Å². The number of esters is 3. The average molecular weight is 571 g/mol. The number of benzene rings is 1. The monoisotopic (exact) mass is 570 g/mol. The molecule has 3 aliphatic carbocycles. The number of fused-ring (bicyclic) bond motifs is 5. The van der Waals surface area contributed by atoms with Gasteiger partial charge in [-0.3, -0.25) is 14.4 Å². The van der Waals surface area contributed by atoms with Crippen molar-refractivity contribution < 1.29 is 48.3 Å². The molecule has 0 aromatic heterocycles. The third kappa shape index (κ3) is 4.17. The molecule has 2 N–H and O–H groups in total. The van der Waals surface area contributed by atoms with Gasteiger partial charge in [0.05, 0.1) is 24.2 Å². The van der Waals surface area contributed by atoms with Crippen LogP contribution in [0.3, 0.4) is 0 Å². The highest BCUT2D eigenvalue weighted by atomic mass is 16.6. The van der Waals surface area contributed by atoms with E-state index in [9.17, 15) is 29.4 Å². The molecule has 10 heteroatoms. The first-order chi connectivity index (χ1) is 19.1. The lowest BCUT2D eigenvalue weighted by Crippen LogP contribution is -2.79. The van der Waals surface area contributed by atoms with E-state index in [1.54, 1.807) is 58.0 Å². The fourth-order valence-corrected chi connectivity index (χ4v) is 7.92. The minimum atomic E-state index is -1.98. The van der Waals surface area contributed by atoms with Gasteiger partial charge in [0.1, 0.15) is 17.8 Å². The molecule has 5 rings (SSSR count). The summed E-state index contributed by atoms with van der Waals surface area (Å²) in [6.45, 7) is 9.07. The number of hydrogen-bond acceptors (Lipinski definition) is 10. The standard InChI is InChI=1S/C31H38O10/c1-16-20(34)14-31(37)26(40-27(36)19-10-8-7-9-11-19)24-29(6,13-12-21-30(24,15-38-21)41-18(3)33)25(35)23(39-17(2)32)22(16)28(31,4)5/h7-11,20-21,23-24,26,34,37H,12-15H2,1-6H3/t20?,21-,23-,24+,26+,29-,30+,31-/m1/s1. The molecule has 2 saturated carbocycles. The van der Waals surface area contributed by atoms with Gasteiger partial charge in [0, 0.05) is 31.1 Å². The van der Waals surface area contributed by atoms with Crippen molar-refractivity contribution in [2.24, 2.45) is 16.7 Å². The molecule has 1 aromatic carbocycles. The van der Waals surface area contributed by atoms with Crippen LogP contribution in [0.15, 0.2) is 41.5 Å². The van der Waals surface area contributed by atoms with Gasteiger partial charge in [-0.15, -0.1) is 0 Å². The van der Waals surface area contributed by atoms with Crippen LogP contribution in [0.4, 0.5) is 0 Å². The van der Waals surface area contributed by atoms with E-state index >= 15 is 0 Å². The topological polar surface area (TPSA) is 146 Å². The Morgan fingerprint density at radius 2 is 1.68 bits per heavy atom. The van der Waals surface area contributed by atoms with Crippen LogP contribution in [0.5, 0.6) is 0 Å². The number of carbonyl (C=O) groups excluding carboxylic acids is 4.